The summed E-state index contributed by atoms with van der Waals surface area (Å²) in [6.07, 6.45) is 2.34. The van der Waals surface area contributed by atoms with Crippen molar-refractivity contribution in [2.24, 2.45) is 11.3 Å². The van der Waals surface area contributed by atoms with E-state index < -0.39 is 25.2 Å². The van der Waals surface area contributed by atoms with E-state index in [2.05, 4.69) is 0 Å². The maximum Gasteiger partial charge on any atom is 0.407 e. The molecule has 1 aliphatic heterocycles. The molecule has 0 aromatic heterocycles. The van der Waals surface area contributed by atoms with E-state index in [1.54, 1.807) is 0 Å². The minimum atomic E-state index is -3.56. The Morgan fingerprint density at radius 1 is 1.50 bits per heavy atom. The lowest BCUT2D eigenvalue weighted by atomic mass is 9.73. The van der Waals surface area contributed by atoms with Crippen molar-refractivity contribution in [3.05, 3.63) is 0 Å². The van der Waals surface area contributed by atoms with Crippen molar-refractivity contribution in [1.82, 2.24) is 4.90 Å². The van der Waals surface area contributed by atoms with Crippen LogP contribution in [0, 0.1) is 11.3 Å². The van der Waals surface area contributed by atoms with Crippen molar-refractivity contribution >= 4 is 25.2 Å². The molecule has 2 atom stereocenters. The molecular formula is C12H23NO5S2. The van der Waals surface area contributed by atoms with E-state index >= 15 is 0 Å². The summed E-state index contributed by atoms with van der Waals surface area (Å²) in [5.74, 6) is 0.0139. The minimum Gasteiger partial charge on any atom is -0.602 e. The third-order valence-corrected chi connectivity index (χ3v) is 8.22. The monoisotopic (exact) mass is 325 g/mol. The summed E-state index contributed by atoms with van der Waals surface area (Å²) in [6, 6.07) is 0. The molecule has 8 heteroatoms. The van der Waals surface area contributed by atoms with Gasteiger partial charge in [-0.05, 0) is 30.6 Å². The van der Waals surface area contributed by atoms with Crippen LogP contribution in [0.1, 0.15) is 33.1 Å². The van der Waals surface area contributed by atoms with Gasteiger partial charge < -0.3 is 14.6 Å². The molecule has 6 nitrogen and oxygen atoms in total. The second kappa shape index (κ2) is 6.53. The van der Waals surface area contributed by atoms with Gasteiger partial charge in [0.15, 0.2) is 0 Å². The lowest BCUT2D eigenvalue weighted by molar-refractivity contribution is 0.0773. The number of amides is 1. The van der Waals surface area contributed by atoms with Crippen LogP contribution in [0.25, 0.3) is 0 Å². The van der Waals surface area contributed by atoms with Gasteiger partial charge in [-0.2, -0.15) is 8.42 Å². The Kier molecular flexibility index (Phi) is 5.74. The first kappa shape index (κ1) is 17.6. The van der Waals surface area contributed by atoms with E-state index in [1.807, 2.05) is 13.8 Å². The van der Waals surface area contributed by atoms with Gasteiger partial charge in [-0.15, -0.1) is 0 Å². The van der Waals surface area contributed by atoms with Crippen LogP contribution in [-0.2, 0) is 19.1 Å². The van der Waals surface area contributed by atoms with Gasteiger partial charge >= 0.3 is 15.0 Å². The van der Waals surface area contributed by atoms with Crippen LogP contribution >= 0.6 is 0 Å². The number of rotatable bonds is 5. The van der Waals surface area contributed by atoms with Crippen LogP contribution in [0.2, 0.25) is 0 Å². The van der Waals surface area contributed by atoms with Gasteiger partial charge in [-0.25, -0.2) is 4.79 Å². The highest BCUT2D eigenvalue weighted by Crippen LogP contribution is 2.37. The summed E-state index contributed by atoms with van der Waals surface area (Å²) in [5, 5.41) is 9.04. The molecule has 1 heterocycles. The maximum absolute atomic E-state index is 11.6. The van der Waals surface area contributed by atoms with E-state index in [1.165, 1.54) is 11.2 Å². The van der Waals surface area contributed by atoms with Crippen LogP contribution in [0.5, 0.6) is 0 Å². The molecule has 20 heavy (non-hydrogen) atoms. The van der Waals surface area contributed by atoms with E-state index in [0.29, 0.717) is 19.5 Å². The van der Waals surface area contributed by atoms with E-state index in [4.69, 9.17) is 5.11 Å². The first-order valence-corrected chi connectivity index (χ1v) is 10.3. The first-order valence-electron chi connectivity index (χ1n) is 6.61. The molecule has 0 bridgehead atoms. The van der Waals surface area contributed by atoms with Gasteiger partial charge in [0.05, 0.1) is 16.0 Å². The fourth-order valence-corrected chi connectivity index (χ4v) is 4.46. The molecule has 2 unspecified atom stereocenters. The molecular weight excluding hydrogens is 302 g/mol. The molecule has 0 saturated carbocycles. The zero-order chi connectivity index (χ0) is 15.6. The number of hydrogen-bond donors (Lipinski definition) is 1. The molecule has 0 spiro atoms. The molecule has 118 valence electrons. The number of carbonyl (C=O) groups is 1. The van der Waals surface area contributed by atoms with Gasteiger partial charge in [0.1, 0.15) is 6.26 Å². The fraction of sp³-hybridized carbons (Fsp3) is 0.917. The van der Waals surface area contributed by atoms with Crippen molar-refractivity contribution in [2.45, 2.75) is 33.1 Å². The lowest BCUT2D eigenvalue weighted by Gasteiger charge is -2.40. The topological polar surface area (TPSA) is 97.7 Å². The Morgan fingerprint density at radius 3 is 2.60 bits per heavy atom. The average molecular weight is 325 g/mol. The summed E-state index contributed by atoms with van der Waals surface area (Å²) < 4.78 is 34.4. The van der Waals surface area contributed by atoms with Crippen LogP contribution in [0.15, 0.2) is 0 Å². The highest BCUT2D eigenvalue weighted by atomic mass is 33.2. The number of hydrogen-bond acceptors (Lipinski definition) is 4. The standard InChI is InChI=1S/C12H23NO5S2/c1-12(2,6-8-20(17,18)19(3)16)10-5-4-7-13(9-10)11(14)15/h10H,4-9H2,1-3H3,(H,14,15). The Bertz CT molecular complexity index is 447. The second-order valence-electron chi connectivity index (χ2n) is 5.97. The summed E-state index contributed by atoms with van der Waals surface area (Å²) in [7, 11) is -5.42. The molecule has 0 aromatic rings. The second-order valence-corrected chi connectivity index (χ2v) is 11.2. The van der Waals surface area contributed by atoms with Crippen LogP contribution in [0.4, 0.5) is 4.79 Å². The third kappa shape index (κ3) is 4.53. The van der Waals surface area contributed by atoms with Crippen LogP contribution < -0.4 is 0 Å². The third-order valence-electron chi connectivity index (χ3n) is 4.15. The zero-order valence-corrected chi connectivity index (χ0v) is 13.8. The van der Waals surface area contributed by atoms with Crippen molar-refractivity contribution in [3.8, 4) is 0 Å². The first-order chi connectivity index (χ1) is 9.06. The number of nitrogens with zero attached hydrogens (tertiary/aromatic N) is 1. The predicted octanol–water partition coefficient (Wildman–Crippen LogP) is 1.50. The van der Waals surface area contributed by atoms with Crippen molar-refractivity contribution in [1.29, 1.82) is 0 Å². The van der Waals surface area contributed by atoms with Crippen LogP contribution in [0.3, 0.4) is 0 Å². The van der Waals surface area contributed by atoms with Crippen molar-refractivity contribution in [2.75, 3.05) is 25.1 Å². The average Bonchev–Trinajstić information content (AvgIpc) is 2.36. The molecule has 1 fully saturated rings. The molecule has 1 saturated heterocycles. The smallest absolute Gasteiger partial charge is 0.407 e. The summed E-state index contributed by atoms with van der Waals surface area (Å²) >= 11 is 0. The molecule has 0 radical (unpaired) electrons. The molecule has 1 aliphatic rings. The SMILES string of the molecule is C[S+]([O-])S(=O)(=O)CCC(C)(C)C1CCCN(C(=O)O)C1. The normalized spacial score (nSPS) is 22.6. The molecule has 1 amide bonds. The zero-order valence-electron chi connectivity index (χ0n) is 12.2. The van der Waals surface area contributed by atoms with Crippen LogP contribution in [-0.4, -0.2) is 54.2 Å². The van der Waals surface area contributed by atoms with E-state index in [-0.39, 0.29) is 17.1 Å². The largest absolute Gasteiger partial charge is 0.602 e. The summed E-state index contributed by atoms with van der Waals surface area (Å²) in [5.41, 5.74) is -0.291. The number of carboxylic acid groups (broad SMARTS) is 1. The molecule has 0 aromatic carbocycles. The van der Waals surface area contributed by atoms with E-state index in [0.717, 1.165) is 12.8 Å². The van der Waals surface area contributed by atoms with Crippen molar-refractivity contribution in [3.63, 3.8) is 0 Å². The summed E-state index contributed by atoms with van der Waals surface area (Å²) in [4.78, 5) is 12.4. The Balaban J connectivity index is 2.66. The molecule has 0 aliphatic carbocycles. The number of likely N-dealkylation sites (tertiary alicyclic amines) is 1. The van der Waals surface area contributed by atoms with Crippen molar-refractivity contribution < 1.29 is 22.9 Å². The lowest BCUT2D eigenvalue weighted by Crippen LogP contribution is -2.44. The minimum absolute atomic E-state index is 0.118. The van der Waals surface area contributed by atoms with Gasteiger partial charge in [-0.1, -0.05) is 13.8 Å². The fourth-order valence-electron chi connectivity index (χ4n) is 2.50. The maximum atomic E-state index is 11.6. The van der Waals surface area contributed by atoms with Gasteiger partial charge in [0.2, 0.25) is 0 Å². The van der Waals surface area contributed by atoms with E-state index in [9.17, 15) is 17.8 Å². The van der Waals surface area contributed by atoms with Gasteiger partial charge in [-0.3, -0.25) is 0 Å². The van der Waals surface area contributed by atoms with Gasteiger partial charge in [0.25, 0.3) is 0 Å². The molecule has 1 N–H and O–H groups in total. The Hall–Kier alpha value is -0.470. The predicted molar refractivity (Wildman–Crippen MR) is 78.6 cm³/mol. The molecule has 1 rings (SSSR count). The highest BCUT2D eigenvalue weighted by molar-refractivity contribution is 8.66. The highest BCUT2D eigenvalue weighted by Gasteiger charge is 2.36. The Morgan fingerprint density at radius 2 is 2.10 bits per heavy atom. The van der Waals surface area contributed by atoms with Gasteiger partial charge in [0, 0.05) is 13.1 Å². The quantitative estimate of drug-likeness (QED) is 0.610. The number of piperidine rings is 1. The Labute approximate surface area is 123 Å². The summed E-state index contributed by atoms with van der Waals surface area (Å²) in [6.45, 7) is 4.89.